The van der Waals surface area contributed by atoms with Gasteiger partial charge in [-0.3, -0.25) is 0 Å². The van der Waals surface area contributed by atoms with Crippen molar-refractivity contribution in [1.29, 1.82) is 0 Å². The van der Waals surface area contributed by atoms with Gasteiger partial charge >= 0.3 is 0 Å². The fourth-order valence-corrected chi connectivity index (χ4v) is 2.47. The van der Waals surface area contributed by atoms with E-state index >= 15 is 0 Å². The standard InChI is InChI=1S/C15H11BrFN3/c16-15-11(7-4-8-12(15)17)13-9-14(18)20(19-13)10-5-2-1-3-6-10/h1-9H,18H2. The highest BCUT2D eigenvalue weighted by Gasteiger charge is 2.13. The molecule has 100 valence electrons. The van der Waals surface area contributed by atoms with E-state index in [0.717, 1.165) is 5.69 Å². The number of anilines is 1. The Hall–Kier alpha value is -2.14. The summed E-state index contributed by atoms with van der Waals surface area (Å²) in [5.41, 5.74) is 8.15. The number of nitrogens with zero attached hydrogens (tertiary/aromatic N) is 2. The Morgan fingerprint density at radius 1 is 1.05 bits per heavy atom. The summed E-state index contributed by atoms with van der Waals surface area (Å²) < 4.78 is 15.6. The van der Waals surface area contributed by atoms with Crippen molar-refractivity contribution in [2.24, 2.45) is 0 Å². The van der Waals surface area contributed by atoms with E-state index in [4.69, 9.17) is 5.73 Å². The maximum Gasteiger partial charge on any atom is 0.138 e. The highest BCUT2D eigenvalue weighted by Crippen LogP contribution is 2.31. The van der Waals surface area contributed by atoms with Crippen LogP contribution in [-0.4, -0.2) is 9.78 Å². The Morgan fingerprint density at radius 2 is 1.80 bits per heavy atom. The third-order valence-corrected chi connectivity index (χ3v) is 3.77. The van der Waals surface area contributed by atoms with Gasteiger partial charge in [-0.15, -0.1) is 0 Å². The summed E-state index contributed by atoms with van der Waals surface area (Å²) in [6.45, 7) is 0. The van der Waals surface area contributed by atoms with Crippen molar-refractivity contribution in [2.45, 2.75) is 0 Å². The fraction of sp³-hybridized carbons (Fsp3) is 0. The molecular formula is C15H11BrFN3. The van der Waals surface area contributed by atoms with E-state index in [1.54, 1.807) is 22.9 Å². The van der Waals surface area contributed by atoms with E-state index in [1.807, 2.05) is 30.3 Å². The van der Waals surface area contributed by atoms with Crippen LogP contribution >= 0.6 is 15.9 Å². The van der Waals surface area contributed by atoms with E-state index < -0.39 is 0 Å². The number of nitrogens with two attached hydrogens (primary N) is 1. The first-order valence-electron chi connectivity index (χ1n) is 6.02. The summed E-state index contributed by atoms with van der Waals surface area (Å²) in [6, 6.07) is 16.1. The highest BCUT2D eigenvalue weighted by atomic mass is 79.9. The minimum atomic E-state index is -0.324. The molecule has 0 radical (unpaired) electrons. The van der Waals surface area contributed by atoms with Crippen LogP contribution in [0.3, 0.4) is 0 Å². The molecule has 0 amide bonds. The number of nitrogen functional groups attached to an aromatic ring is 1. The van der Waals surface area contributed by atoms with Gasteiger partial charge in [-0.2, -0.15) is 5.10 Å². The van der Waals surface area contributed by atoms with Crippen LogP contribution < -0.4 is 5.73 Å². The number of halogens is 2. The van der Waals surface area contributed by atoms with Crippen LogP contribution in [0.5, 0.6) is 0 Å². The molecule has 0 aliphatic carbocycles. The predicted octanol–water partition coefficient (Wildman–Crippen LogP) is 4.02. The van der Waals surface area contributed by atoms with E-state index in [0.29, 0.717) is 21.5 Å². The molecule has 0 aliphatic heterocycles. The maximum atomic E-state index is 13.6. The Kier molecular flexibility index (Phi) is 3.28. The average molecular weight is 332 g/mol. The molecule has 0 aliphatic rings. The number of para-hydroxylation sites is 1. The zero-order valence-corrected chi connectivity index (χ0v) is 12.0. The summed E-state index contributed by atoms with van der Waals surface area (Å²) in [4.78, 5) is 0. The molecule has 0 bridgehead atoms. The molecule has 3 nitrogen and oxygen atoms in total. The van der Waals surface area contributed by atoms with Crippen molar-refractivity contribution in [3.05, 3.63) is 64.9 Å². The molecule has 0 saturated heterocycles. The van der Waals surface area contributed by atoms with Crippen molar-refractivity contribution in [2.75, 3.05) is 5.73 Å². The topological polar surface area (TPSA) is 43.8 Å². The lowest BCUT2D eigenvalue weighted by molar-refractivity contribution is 0.621. The average Bonchev–Trinajstić information content (AvgIpc) is 2.85. The van der Waals surface area contributed by atoms with Crippen molar-refractivity contribution < 1.29 is 4.39 Å². The quantitative estimate of drug-likeness (QED) is 0.770. The number of rotatable bonds is 2. The molecule has 2 aromatic carbocycles. The smallest absolute Gasteiger partial charge is 0.138 e. The Balaban J connectivity index is 2.12. The number of hydrogen-bond donors (Lipinski definition) is 1. The molecule has 5 heteroatoms. The Labute approximate surface area is 124 Å². The van der Waals surface area contributed by atoms with Crippen LogP contribution in [0.25, 0.3) is 16.9 Å². The monoisotopic (exact) mass is 331 g/mol. The van der Waals surface area contributed by atoms with Gasteiger partial charge in [0.15, 0.2) is 0 Å². The number of benzene rings is 2. The highest BCUT2D eigenvalue weighted by molar-refractivity contribution is 9.10. The Bertz CT molecular complexity index is 753. The van der Waals surface area contributed by atoms with Gasteiger partial charge < -0.3 is 5.73 Å². The molecule has 1 aromatic heterocycles. The summed E-state index contributed by atoms with van der Waals surface area (Å²) in [5.74, 6) is 0.178. The first-order valence-corrected chi connectivity index (χ1v) is 6.81. The second-order valence-electron chi connectivity index (χ2n) is 4.30. The molecule has 0 spiro atoms. The lowest BCUT2D eigenvalue weighted by atomic mass is 10.1. The predicted molar refractivity (Wildman–Crippen MR) is 81.1 cm³/mol. The van der Waals surface area contributed by atoms with Crippen molar-refractivity contribution >= 4 is 21.7 Å². The molecule has 0 saturated carbocycles. The van der Waals surface area contributed by atoms with E-state index in [2.05, 4.69) is 21.0 Å². The molecule has 3 aromatic rings. The lowest BCUT2D eigenvalue weighted by Crippen LogP contribution is -2.01. The van der Waals surface area contributed by atoms with E-state index in [1.165, 1.54) is 6.07 Å². The van der Waals surface area contributed by atoms with E-state index in [-0.39, 0.29) is 5.82 Å². The summed E-state index contributed by atoms with van der Waals surface area (Å²) in [7, 11) is 0. The zero-order chi connectivity index (χ0) is 14.1. The van der Waals surface area contributed by atoms with Gasteiger partial charge in [0, 0.05) is 11.6 Å². The number of aromatic nitrogens is 2. The molecule has 0 atom stereocenters. The minimum absolute atomic E-state index is 0.324. The summed E-state index contributed by atoms with van der Waals surface area (Å²) >= 11 is 3.24. The van der Waals surface area contributed by atoms with Gasteiger partial charge in [0.2, 0.25) is 0 Å². The van der Waals surface area contributed by atoms with Crippen molar-refractivity contribution in [3.8, 4) is 16.9 Å². The van der Waals surface area contributed by atoms with E-state index in [9.17, 15) is 4.39 Å². The van der Waals surface area contributed by atoms with Crippen molar-refractivity contribution in [3.63, 3.8) is 0 Å². The maximum absolute atomic E-state index is 13.6. The second kappa shape index (κ2) is 5.09. The largest absolute Gasteiger partial charge is 0.384 e. The molecule has 2 N–H and O–H groups in total. The second-order valence-corrected chi connectivity index (χ2v) is 5.10. The number of hydrogen-bond acceptors (Lipinski definition) is 2. The Morgan fingerprint density at radius 3 is 2.55 bits per heavy atom. The van der Waals surface area contributed by atoms with Gasteiger partial charge in [0.05, 0.1) is 15.9 Å². The summed E-state index contributed by atoms with van der Waals surface area (Å²) in [6.07, 6.45) is 0. The van der Waals surface area contributed by atoms with Gasteiger partial charge in [-0.05, 0) is 34.1 Å². The molecule has 20 heavy (non-hydrogen) atoms. The third kappa shape index (κ3) is 2.20. The van der Waals surface area contributed by atoms with Gasteiger partial charge in [0.25, 0.3) is 0 Å². The molecule has 3 rings (SSSR count). The third-order valence-electron chi connectivity index (χ3n) is 2.97. The van der Waals surface area contributed by atoms with Crippen LogP contribution in [0, 0.1) is 5.82 Å². The minimum Gasteiger partial charge on any atom is -0.384 e. The lowest BCUT2D eigenvalue weighted by Gasteiger charge is -2.03. The van der Waals surface area contributed by atoms with Crippen LogP contribution in [0.2, 0.25) is 0 Å². The summed E-state index contributed by atoms with van der Waals surface area (Å²) in [5, 5.41) is 4.45. The molecule has 0 unspecified atom stereocenters. The first-order chi connectivity index (χ1) is 9.66. The SMILES string of the molecule is Nc1cc(-c2cccc(F)c2Br)nn1-c1ccccc1. The van der Waals surface area contributed by atoms with Crippen molar-refractivity contribution in [1.82, 2.24) is 9.78 Å². The van der Waals surface area contributed by atoms with Crippen LogP contribution in [0.15, 0.2) is 59.1 Å². The van der Waals surface area contributed by atoms with Gasteiger partial charge in [0.1, 0.15) is 11.6 Å². The molecule has 1 heterocycles. The zero-order valence-electron chi connectivity index (χ0n) is 10.4. The molecule has 0 fully saturated rings. The van der Waals surface area contributed by atoms with Gasteiger partial charge in [-0.25, -0.2) is 9.07 Å². The van der Waals surface area contributed by atoms with Crippen LogP contribution in [-0.2, 0) is 0 Å². The van der Waals surface area contributed by atoms with Crippen LogP contribution in [0.4, 0.5) is 10.2 Å². The first kappa shape index (κ1) is 12.9. The fourth-order valence-electron chi connectivity index (χ4n) is 2.00. The molecular weight excluding hydrogens is 321 g/mol. The van der Waals surface area contributed by atoms with Gasteiger partial charge in [-0.1, -0.05) is 30.3 Å². The van der Waals surface area contributed by atoms with Crippen LogP contribution in [0.1, 0.15) is 0 Å². The normalized spacial score (nSPS) is 10.7.